The topological polar surface area (TPSA) is 71.5 Å². The molecule has 28 heavy (non-hydrogen) atoms. The predicted octanol–water partition coefficient (Wildman–Crippen LogP) is 4.18. The highest BCUT2D eigenvalue weighted by Crippen LogP contribution is 2.26. The van der Waals surface area contributed by atoms with Crippen molar-refractivity contribution in [3.8, 4) is 16.3 Å². The van der Waals surface area contributed by atoms with Crippen LogP contribution in [-0.2, 0) is 4.79 Å². The van der Waals surface area contributed by atoms with Crippen molar-refractivity contribution in [3.63, 3.8) is 0 Å². The molecule has 1 N–H and O–H groups in total. The average molecular weight is 416 g/mol. The van der Waals surface area contributed by atoms with Gasteiger partial charge >= 0.3 is 0 Å². The van der Waals surface area contributed by atoms with Gasteiger partial charge < -0.3 is 15.0 Å². The Morgan fingerprint density at radius 2 is 1.96 bits per heavy atom. The van der Waals surface area contributed by atoms with Gasteiger partial charge in [0.25, 0.3) is 5.91 Å². The molecular weight excluding hydrogens is 398 g/mol. The van der Waals surface area contributed by atoms with Crippen molar-refractivity contribution in [1.29, 1.82) is 0 Å². The largest absolute Gasteiger partial charge is 0.497 e. The monoisotopic (exact) mass is 415 g/mol. The molecule has 0 aliphatic rings. The second-order valence-electron chi connectivity index (χ2n) is 5.99. The summed E-state index contributed by atoms with van der Waals surface area (Å²) in [6.07, 6.45) is 0. The van der Waals surface area contributed by atoms with Crippen molar-refractivity contribution in [1.82, 2.24) is 9.88 Å². The molecule has 0 radical (unpaired) electrons. The lowest BCUT2D eigenvalue weighted by Gasteiger charge is -2.15. The van der Waals surface area contributed by atoms with Crippen molar-refractivity contribution in [3.05, 3.63) is 64.6 Å². The Morgan fingerprint density at radius 1 is 1.21 bits per heavy atom. The maximum atomic E-state index is 12.6. The summed E-state index contributed by atoms with van der Waals surface area (Å²) in [5, 5.41) is 5.65. The normalized spacial score (nSPS) is 10.4. The van der Waals surface area contributed by atoms with E-state index < -0.39 is 0 Å². The fourth-order valence-electron chi connectivity index (χ4n) is 2.49. The van der Waals surface area contributed by atoms with E-state index in [1.807, 2.05) is 24.3 Å². The Morgan fingerprint density at radius 3 is 2.64 bits per heavy atom. The van der Waals surface area contributed by atoms with E-state index in [-0.39, 0.29) is 18.4 Å². The molecule has 0 atom stereocenters. The highest BCUT2D eigenvalue weighted by molar-refractivity contribution is 7.13. The molecule has 0 saturated carbocycles. The van der Waals surface area contributed by atoms with E-state index in [4.69, 9.17) is 16.3 Å². The number of anilines is 1. The van der Waals surface area contributed by atoms with Gasteiger partial charge in [-0.1, -0.05) is 17.7 Å². The minimum absolute atomic E-state index is 0.0965. The summed E-state index contributed by atoms with van der Waals surface area (Å²) in [6.45, 7) is -0.0965. The Bertz CT molecular complexity index is 988. The van der Waals surface area contributed by atoms with Crippen molar-refractivity contribution in [2.75, 3.05) is 26.0 Å². The van der Waals surface area contributed by atoms with Crippen molar-refractivity contribution >= 4 is 40.4 Å². The minimum atomic E-state index is -0.322. The zero-order valence-electron chi connectivity index (χ0n) is 15.3. The molecule has 0 aliphatic carbocycles. The maximum Gasteiger partial charge on any atom is 0.273 e. The molecule has 8 heteroatoms. The summed E-state index contributed by atoms with van der Waals surface area (Å²) in [5.74, 6) is 0.114. The third kappa shape index (κ3) is 4.88. The number of nitrogens with one attached hydrogen (secondary N) is 1. The molecule has 1 heterocycles. The lowest BCUT2D eigenvalue weighted by molar-refractivity contribution is -0.116. The Balaban J connectivity index is 1.63. The number of ether oxygens (including phenoxy) is 1. The standard InChI is InChI=1S/C20H18ClN3O3S/c1-24(11-18(25)22-15-5-3-4-14(21)10-15)20(26)17-12-28-19(23-17)13-6-8-16(27-2)9-7-13/h3-10,12H,11H2,1-2H3,(H,22,25). The quantitative estimate of drug-likeness (QED) is 0.655. The van der Waals surface area contributed by atoms with Gasteiger partial charge in [0.05, 0.1) is 13.7 Å². The number of thiazole rings is 1. The molecule has 0 bridgehead atoms. The fourth-order valence-corrected chi connectivity index (χ4v) is 3.48. The van der Waals surface area contributed by atoms with Crippen LogP contribution in [0.4, 0.5) is 5.69 Å². The second kappa shape index (κ2) is 8.86. The Hall–Kier alpha value is -2.90. The number of likely N-dealkylation sites (N-methyl/N-ethyl adjacent to an activating group) is 1. The summed E-state index contributed by atoms with van der Waals surface area (Å²) in [4.78, 5) is 30.5. The van der Waals surface area contributed by atoms with Crippen molar-refractivity contribution in [2.24, 2.45) is 0 Å². The first-order chi connectivity index (χ1) is 13.5. The molecule has 3 rings (SSSR count). The fraction of sp³-hybridized carbons (Fsp3) is 0.150. The number of halogens is 1. The zero-order valence-corrected chi connectivity index (χ0v) is 16.9. The number of aromatic nitrogens is 1. The molecule has 2 aromatic carbocycles. The number of benzene rings is 2. The summed E-state index contributed by atoms with van der Waals surface area (Å²) in [7, 11) is 3.17. The van der Waals surface area contributed by atoms with E-state index >= 15 is 0 Å². The van der Waals surface area contributed by atoms with Crippen molar-refractivity contribution in [2.45, 2.75) is 0 Å². The molecular formula is C20H18ClN3O3S. The van der Waals surface area contributed by atoms with Crippen LogP contribution in [0.25, 0.3) is 10.6 Å². The van der Waals surface area contributed by atoms with Crippen LogP contribution in [0, 0.1) is 0 Å². The van der Waals surface area contributed by atoms with Crippen LogP contribution in [0.2, 0.25) is 5.02 Å². The SMILES string of the molecule is COc1ccc(-c2nc(C(=O)N(C)CC(=O)Nc3cccc(Cl)c3)cs2)cc1. The van der Waals surface area contributed by atoms with E-state index in [0.717, 1.165) is 16.3 Å². The summed E-state index contributed by atoms with van der Waals surface area (Å²) in [6, 6.07) is 14.3. The lowest BCUT2D eigenvalue weighted by atomic mass is 10.2. The number of hydrogen-bond donors (Lipinski definition) is 1. The molecule has 144 valence electrons. The molecule has 1 aromatic heterocycles. The van der Waals surface area contributed by atoms with Gasteiger partial charge in [-0.2, -0.15) is 0 Å². The van der Waals surface area contributed by atoms with E-state index in [1.165, 1.54) is 16.2 Å². The van der Waals surface area contributed by atoms with Crippen molar-refractivity contribution < 1.29 is 14.3 Å². The van der Waals surface area contributed by atoms with Gasteiger partial charge in [-0.3, -0.25) is 9.59 Å². The van der Waals surface area contributed by atoms with Crippen LogP contribution in [0.3, 0.4) is 0 Å². The van der Waals surface area contributed by atoms with E-state index in [1.54, 1.807) is 43.8 Å². The van der Waals surface area contributed by atoms with Crippen LogP contribution >= 0.6 is 22.9 Å². The molecule has 0 fully saturated rings. The third-order valence-electron chi connectivity index (χ3n) is 3.90. The predicted molar refractivity (Wildman–Crippen MR) is 111 cm³/mol. The first-order valence-electron chi connectivity index (χ1n) is 8.37. The van der Waals surface area contributed by atoms with Crippen LogP contribution < -0.4 is 10.1 Å². The average Bonchev–Trinajstić information content (AvgIpc) is 3.17. The number of rotatable bonds is 6. The minimum Gasteiger partial charge on any atom is -0.497 e. The van der Waals surface area contributed by atoms with E-state index in [9.17, 15) is 9.59 Å². The maximum absolute atomic E-state index is 12.6. The Labute approximate surface area is 171 Å². The number of carbonyl (C=O) groups excluding carboxylic acids is 2. The zero-order chi connectivity index (χ0) is 20.1. The molecule has 0 saturated heterocycles. The van der Waals surface area contributed by atoms with E-state index in [2.05, 4.69) is 10.3 Å². The van der Waals surface area contributed by atoms with Gasteiger partial charge in [0, 0.05) is 28.7 Å². The van der Waals surface area contributed by atoms with Crippen LogP contribution in [0.1, 0.15) is 10.5 Å². The molecule has 0 spiro atoms. The van der Waals surface area contributed by atoms with Crippen LogP contribution in [0.5, 0.6) is 5.75 Å². The molecule has 6 nitrogen and oxygen atoms in total. The van der Waals surface area contributed by atoms with Gasteiger partial charge in [0.15, 0.2) is 0 Å². The first kappa shape index (κ1) is 19.9. The molecule has 0 aliphatic heterocycles. The number of carbonyl (C=O) groups is 2. The van der Waals surface area contributed by atoms with Gasteiger partial charge in [-0.15, -0.1) is 11.3 Å². The summed E-state index contributed by atoms with van der Waals surface area (Å²) in [5.41, 5.74) is 1.77. The molecule has 2 amide bonds. The number of hydrogen-bond acceptors (Lipinski definition) is 5. The molecule has 3 aromatic rings. The summed E-state index contributed by atoms with van der Waals surface area (Å²) >= 11 is 7.27. The van der Waals surface area contributed by atoms with Gasteiger partial charge in [0.2, 0.25) is 5.91 Å². The van der Waals surface area contributed by atoms with Gasteiger partial charge in [-0.05, 0) is 42.5 Å². The van der Waals surface area contributed by atoms with Crippen LogP contribution in [0.15, 0.2) is 53.9 Å². The number of nitrogens with zero attached hydrogens (tertiary/aromatic N) is 2. The third-order valence-corrected chi connectivity index (χ3v) is 5.02. The van der Waals surface area contributed by atoms with Crippen LogP contribution in [-0.4, -0.2) is 42.4 Å². The highest BCUT2D eigenvalue weighted by Gasteiger charge is 2.18. The lowest BCUT2D eigenvalue weighted by Crippen LogP contribution is -2.35. The molecule has 0 unspecified atom stereocenters. The smallest absolute Gasteiger partial charge is 0.273 e. The number of methoxy groups -OCH3 is 1. The number of amides is 2. The summed E-state index contributed by atoms with van der Waals surface area (Å²) < 4.78 is 5.14. The highest BCUT2D eigenvalue weighted by atomic mass is 35.5. The Kier molecular flexibility index (Phi) is 6.28. The van der Waals surface area contributed by atoms with Gasteiger partial charge in [0.1, 0.15) is 16.5 Å². The van der Waals surface area contributed by atoms with E-state index in [0.29, 0.717) is 16.4 Å². The second-order valence-corrected chi connectivity index (χ2v) is 7.28. The first-order valence-corrected chi connectivity index (χ1v) is 9.63. The van der Waals surface area contributed by atoms with Gasteiger partial charge in [-0.25, -0.2) is 4.98 Å².